The number of hydrogen-bond acceptors (Lipinski definition) is 4. The molecular formula is C21H21BrN4O. The first-order chi connectivity index (χ1) is 13.2. The van der Waals surface area contributed by atoms with Crippen LogP contribution in [0.2, 0.25) is 0 Å². The molecule has 1 atom stereocenters. The van der Waals surface area contributed by atoms with Gasteiger partial charge in [-0.2, -0.15) is 0 Å². The highest BCUT2D eigenvalue weighted by Gasteiger charge is 2.28. The Bertz CT molecular complexity index is 981. The number of pyridine rings is 1. The molecule has 1 aliphatic rings. The van der Waals surface area contributed by atoms with E-state index in [4.69, 9.17) is 14.7 Å². The lowest BCUT2D eigenvalue weighted by molar-refractivity contribution is 0.180. The molecule has 2 aromatic heterocycles. The van der Waals surface area contributed by atoms with Crippen LogP contribution in [0.4, 0.5) is 0 Å². The molecule has 27 heavy (non-hydrogen) atoms. The van der Waals surface area contributed by atoms with Crippen molar-refractivity contribution in [1.82, 2.24) is 14.5 Å². The summed E-state index contributed by atoms with van der Waals surface area (Å²) in [4.78, 5) is 14.4. The van der Waals surface area contributed by atoms with Crippen LogP contribution < -0.4 is 0 Å². The molecule has 138 valence electrons. The van der Waals surface area contributed by atoms with Gasteiger partial charge in [0.15, 0.2) is 0 Å². The minimum absolute atomic E-state index is 0.0243. The third-order valence-electron chi connectivity index (χ3n) is 4.66. The largest absolute Gasteiger partial charge is 0.378 e. The molecule has 0 unspecified atom stereocenters. The van der Waals surface area contributed by atoms with Crippen molar-refractivity contribution < 1.29 is 4.74 Å². The molecule has 3 heterocycles. The Morgan fingerprint density at radius 2 is 2.07 bits per heavy atom. The van der Waals surface area contributed by atoms with Crippen LogP contribution >= 0.6 is 15.9 Å². The molecule has 0 saturated carbocycles. The molecule has 3 aromatic rings. The number of benzene rings is 1. The van der Waals surface area contributed by atoms with Gasteiger partial charge in [-0.1, -0.05) is 35.3 Å². The monoisotopic (exact) mass is 424 g/mol. The number of nitrogens with zero attached hydrogens (tertiary/aromatic N) is 4. The SMILES string of the molecule is CCC[C@@H]1N=C(c2ccccn2)c2cc(Br)ccc2-n2c(COC)cnc21. The summed E-state index contributed by atoms with van der Waals surface area (Å²) in [7, 11) is 1.71. The molecule has 0 fully saturated rings. The summed E-state index contributed by atoms with van der Waals surface area (Å²) in [6.45, 7) is 2.67. The van der Waals surface area contributed by atoms with E-state index < -0.39 is 0 Å². The Labute approximate surface area is 167 Å². The number of halogens is 1. The number of aliphatic imine (C=N–C) groups is 1. The van der Waals surface area contributed by atoms with Crippen LogP contribution in [-0.2, 0) is 11.3 Å². The zero-order valence-electron chi connectivity index (χ0n) is 15.4. The van der Waals surface area contributed by atoms with E-state index in [2.05, 4.69) is 50.6 Å². The Morgan fingerprint density at radius 3 is 2.81 bits per heavy atom. The second-order valence-corrected chi connectivity index (χ2v) is 7.45. The molecule has 1 aromatic carbocycles. The van der Waals surface area contributed by atoms with Crippen LogP contribution in [0.15, 0.2) is 58.3 Å². The van der Waals surface area contributed by atoms with Crippen molar-refractivity contribution in [3.8, 4) is 5.69 Å². The zero-order chi connectivity index (χ0) is 18.8. The van der Waals surface area contributed by atoms with Gasteiger partial charge >= 0.3 is 0 Å². The fourth-order valence-electron chi connectivity index (χ4n) is 3.52. The first-order valence-corrected chi connectivity index (χ1v) is 9.87. The third kappa shape index (κ3) is 3.35. The van der Waals surface area contributed by atoms with Gasteiger partial charge in [-0.15, -0.1) is 0 Å². The Hall–Kier alpha value is -2.31. The van der Waals surface area contributed by atoms with Crippen molar-refractivity contribution >= 4 is 21.6 Å². The van der Waals surface area contributed by atoms with Crippen LogP contribution in [0.1, 0.15) is 48.6 Å². The van der Waals surface area contributed by atoms with Gasteiger partial charge in [-0.25, -0.2) is 4.98 Å². The van der Waals surface area contributed by atoms with Gasteiger partial charge in [0.05, 0.1) is 35.6 Å². The average Bonchev–Trinajstić information content (AvgIpc) is 3.04. The second-order valence-electron chi connectivity index (χ2n) is 6.53. The van der Waals surface area contributed by atoms with E-state index in [9.17, 15) is 0 Å². The van der Waals surface area contributed by atoms with Crippen LogP contribution in [0.25, 0.3) is 5.69 Å². The predicted octanol–water partition coefficient (Wildman–Crippen LogP) is 4.87. The van der Waals surface area contributed by atoms with Gasteiger partial charge in [-0.05, 0) is 36.8 Å². The van der Waals surface area contributed by atoms with Crippen molar-refractivity contribution in [2.24, 2.45) is 4.99 Å². The van der Waals surface area contributed by atoms with Crippen LogP contribution in [0.5, 0.6) is 0 Å². The number of imidazole rings is 1. The fourth-order valence-corrected chi connectivity index (χ4v) is 3.88. The molecule has 4 rings (SSSR count). The van der Waals surface area contributed by atoms with E-state index >= 15 is 0 Å². The summed E-state index contributed by atoms with van der Waals surface area (Å²) in [5, 5.41) is 0. The number of ether oxygens (including phenoxy) is 1. The maximum atomic E-state index is 5.42. The topological polar surface area (TPSA) is 52.3 Å². The van der Waals surface area contributed by atoms with Crippen molar-refractivity contribution in [1.29, 1.82) is 0 Å². The van der Waals surface area contributed by atoms with Crippen molar-refractivity contribution in [3.05, 3.63) is 76.0 Å². The Balaban J connectivity index is 2.01. The standard InChI is InChI=1S/C21H21BrN4O/c1-3-6-18-21-24-12-15(13-27-2)26(21)19-9-8-14(22)11-16(19)20(25-18)17-7-4-5-10-23-17/h4-5,7-12,18H,3,6,13H2,1-2H3/t18-/m0/s1. The van der Waals surface area contributed by atoms with Crippen molar-refractivity contribution in [2.45, 2.75) is 32.4 Å². The van der Waals surface area contributed by atoms with E-state index in [1.165, 1.54) is 0 Å². The lowest BCUT2D eigenvalue weighted by atomic mass is 10.0. The van der Waals surface area contributed by atoms with E-state index in [0.717, 1.165) is 51.5 Å². The van der Waals surface area contributed by atoms with Gasteiger partial charge in [0, 0.05) is 23.3 Å². The number of hydrogen-bond donors (Lipinski definition) is 0. The van der Waals surface area contributed by atoms with Gasteiger partial charge in [0.25, 0.3) is 0 Å². The van der Waals surface area contributed by atoms with E-state index in [1.807, 2.05) is 30.6 Å². The van der Waals surface area contributed by atoms with Crippen molar-refractivity contribution in [2.75, 3.05) is 7.11 Å². The molecule has 0 spiro atoms. The summed E-state index contributed by atoms with van der Waals surface area (Å²) in [6.07, 6.45) is 5.66. The van der Waals surface area contributed by atoms with Crippen LogP contribution in [0, 0.1) is 0 Å². The van der Waals surface area contributed by atoms with Crippen molar-refractivity contribution in [3.63, 3.8) is 0 Å². The first-order valence-electron chi connectivity index (χ1n) is 9.08. The lowest BCUT2D eigenvalue weighted by Crippen LogP contribution is -2.10. The zero-order valence-corrected chi connectivity index (χ0v) is 17.0. The number of methoxy groups -OCH3 is 1. The number of rotatable bonds is 5. The highest BCUT2D eigenvalue weighted by atomic mass is 79.9. The highest BCUT2D eigenvalue weighted by Crippen LogP contribution is 2.34. The molecule has 0 bridgehead atoms. The maximum Gasteiger partial charge on any atom is 0.138 e. The summed E-state index contributed by atoms with van der Waals surface area (Å²) in [6, 6.07) is 12.2. The normalized spacial score (nSPS) is 15.7. The molecule has 5 nitrogen and oxygen atoms in total. The minimum Gasteiger partial charge on any atom is -0.378 e. The van der Waals surface area contributed by atoms with Gasteiger partial charge < -0.3 is 4.74 Å². The van der Waals surface area contributed by atoms with Gasteiger partial charge in [0.1, 0.15) is 11.9 Å². The fraction of sp³-hybridized carbons (Fsp3) is 0.286. The molecule has 0 amide bonds. The highest BCUT2D eigenvalue weighted by molar-refractivity contribution is 9.10. The second kappa shape index (κ2) is 7.74. The van der Waals surface area contributed by atoms with E-state index in [-0.39, 0.29) is 6.04 Å². The van der Waals surface area contributed by atoms with Crippen LogP contribution in [0.3, 0.4) is 0 Å². The molecule has 0 radical (unpaired) electrons. The van der Waals surface area contributed by atoms with Gasteiger partial charge in [-0.3, -0.25) is 14.5 Å². The summed E-state index contributed by atoms with van der Waals surface area (Å²) >= 11 is 3.62. The first kappa shape index (κ1) is 18.1. The molecule has 0 N–H and O–H groups in total. The van der Waals surface area contributed by atoms with E-state index in [1.54, 1.807) is 7.11 Å². The molecule has 0 aliphatic carbocycles. The Morgan fingerprint density at radius 1 is 1.19 bits per heavy atom. The molecule has 6 heteroatoms. The summed E-state index contributed by atoms with van der Waals surface area (Å²) in [5.74, 6) is 0.957. The summed E-state index contributed by atoms with van der Waals surface area (Å²) < 4.78 is 8.63. The molecule has 1 aliphatic heterocycles. The minimum atomic E-state index is -0.0243. The molecular weight excluding hydrogens is 404 g/mol. The molecule has 0 saturated heterocycles. The Kier molecular flexibility index (Phi) is 5.18. The number of aromatic nitrogens is 3. The average molecular weight is 425 g/mol. The lowest BCUT2D eigenvalue weighted by Gasteiger charge is -2.15. The van der Waals surface area contributed by atoms with Gasteiger partial charge in [0.2, 0.25) is 0 Å². The quantitative estimate of drug-likeness (QED) is 0.586. The maximum absolute atomic E-state index is 5.42. The predicted molar refractivity (Wildman–Crippen MR) is 110 cm³/mol. The van der Waals surface area contributed by atoms with E-state index in [0.29, 0.717) is 6.61 Å². The smallest absolute Gasteiger partial charge is 0.138 e. The van der Waals surface area contributed by atoms with Crippen LogP contribution in [-0.4, -0.2) is 27.4 Å². The third-order valence-corrected chi connectivity index (χ3v) is 5.15. The number of fused-ring (bicyclic) bond motifs is 3. The summed E-state index contributed by atoms with van der Waals surface area (Å²) in [5.41, 5.74) is 4.89.